The third-order valence-electron chi connectivity index (χ3n) is 7.24. The van der Waals surface area contributed by atoms with Crippen molar-refractivity contribution in [2.45, 2.75) is 32.0 Å². The van der Waals surface area contributed by atoms with Gasteiger partial charge in [-0.3, -0.25) is 14.8 Å². The molecule has 1 saturated heterocycles. The minimum Gasteiger partial charge on any atom is -0.367 e. The summed E-state index contributed by atoms with van der Waals surface area (Å²) in [5.41, 5.74) is 2.63. The number of pyridine rings is 5. The van der Waals surface area contributed by atoms with Crippen LogP contribution in [0.3, 0.4) is 0 Å². The zero-order valence-electron chi connectivity index (χ0n) is 23.1. The molecule has 2 N–H and O–H groups in total. The second kappa shape index (κ2) is 11.6. The van der Waals surface area contributed by atoms with E-state index in [1.807, 2.05) is 36.1 Å². The number of amides is 1. The summed E-state index contributed by atoms with van der Waals surface area (Å²) in [6.45, 7) is 3.07. The number of piperidine rings is 1. The fourth-order valence-corrected chi connectivity index (χ4v) is 5.08. The number of hydrogen-bond acceptors (Lipinski definition) is 8. The second-order valence-electron chi connectivity index (χ2n) is 10.3. The molecular formula is C31H27F3N8O. The molecule has 5 aromatic heterocycles. The lowest BCUT2D eigenvalue weighted by Gasteiger charge is -2.32. The highest BCUT2D eigenvalue weighted by molar-refractivity contribution is 6.04. The van der Waals surface area contributed by atoms with E-state index in [1.165, 1.54) is 0 Å². The average Bonchev–Trinajstić information content (AvgIpc) is 3.01. The number of hydrogen-bond donors (Lipinski definition) is 2. The van der Waals surface area contributed by atoms with Crippen LogP contribution in [-0.4, -0.2) is 54.9 Å². The SMILES string of the molecule is Cc1cc(Nc2cc(C(F)(F)F)ccn2)nc(-c2ccc(NC3CCN(C(=O)c4nccc5ncccc45)CC3)nc2)c1. The molecule has 9 nitrogen and oxygen atoms in total. The molecule has 12 heteroatoms. The molecule has 6 rings (SSSR count). The van der Waals surface area contributed by atoms with Crippen molar-refractivity contribution in [2.75, 3.05) is 23.7 Å². The molecule has 0 aromatic carbocycles. The number of nitrogens with zero attached hydrogens (tertiary/aromatic N) is 6. The van der Waals surface area contributed by atoms with Crippen molar-refractivity contribution in [3.8, 4) is 11.3 Å². The van der Waals surface area contributed by atoms with Crippen LogP contribution in [0.15, 0.2) is 79.4 Å². The van der Waals surface area contributed by atoms with E-state index in [9.17, 15) is 18.0 Å². The summed E-state index contributed by atoms with van der Waals surface area (Å²) in [6.07, 6.45) is 3.18. The van der Waals surface area contributed by atoms with Gasteiger partial charge in [-0.25, -0.2) is 15.0 Å². The molecule has 218 valence electrons. The molecule has 0 radical (unpaired) electrons. The Balaban J connectivity index is 1.08. The van der Waals surface area contributed by atoms with Gasteiger partial charge in [-0.2, -0.15) is 13.2 Å². The maximum Gasteiger partial charge on any atom is 0.416 e. The number of rotatable bonds is 6. The van der Waals surface area contributed by atoms with E-state index in [2.05, 4.69) is 35.6 Å². The molecule has 1 fully saturated rings. The summed E-state index contributed by atoms with van der Waals surface area (Å²) in [5.74, 6) is 1.03. The number of carbonyl (C=O) groups excluding carboxylic acids is 1. The molecule has 0 spiro atoms. The molecule has 1 aliphatic rings. The first-order valence-electron chi connectivity index (χ1n) is 13.7. The van der Waals surface area contributed by atoms with Crippen LogP contribution in [0.25, 0.3) is 22.2 Å². The van der Waals surface area contributed by atoms with Crippen LogP contribution in [-0.2, 0) is 6.18 Å². The molecule has 1 amide bonds. The minimum absolute atomic E-state index is 0.0506. The predicted molar refractivity (Wildman–Crippen MR) is 157 cm³/mol. The monoisotopic (exact) mass is 584 g/mol. The third-order valence-corrected chi connectivity index (χ3v) is 7.24. The molecule has 6 heterocycles. The number of carbonyl (C=O) groups is 1. The van der Waals surface area contributed by atoms with Crippen LogP contribution in [0.4, 0.5) is 30.6 Å². The lowest BCUT2D eigenvalue weighted by atomic mass is 10.0. The Morgan fingerprint density at radius 3 is 2.47 bits per heavy atom. The number of halogens is 3. The average molecular weight is 585 g/mol. The fraction of sp³-hybridized carbons (Fsp3) is 0.226. The van der Waals surface area contributed by atoms with Gasteiger partial charge in [-0.05, 0) is 79.9 Å². The van der Waals surface area contributed by atoms with Crippen LogP contribution < -0.4 is 10.6 Å². The van der Waals surface area contributed by atoms with Gasteiger partial charge in [-0.15, -0.1) is 0 Å². The van der Waals surface area contributed by atoms with E-state index in [0.717, 1.165) is 53.2 Å². The summed E-state index contributed by atoms with van der Waals surface area (Å²) in [7, 11) is 0. The van der Waals surface area contributed by atoms with E-state index in [4.69, 9.17) is 0 Å². The summed E-state index contributed by atoms with van der Waals surface area (Å²) in [5, 5.41) is 7.08. The molecule has 1 aliphatic heterocycles. The number of anilines is 3. The normalized spacial score (nSPS) is 14.1. The second-order valence-corrected chi connectivity index (χ2v) is 10.3. The molecule has 0 aliphatic carbocycles. The van der Waals surface area contributed by atoms with Gasteiger partial charge in [0.15, 0.2) is 0 Å². The minimum atomic E-state index is -4.46. The van der Waals surface area contributed by atoms with Gasteiger partial charge in [0, 0.05) is 54.9 Å². The smallest absolute Gasteiger partial charge is 0.367 e. The fourth-order valence-electron chi connectivity index (χ4n) is 5.08. The number of aromatic nitrogens is 5. The highest BCUT2D eigenvalue weighted by atomic mass is 19.4. The van der Waals surface area contributed by atoms with Gasteiger partial charge in [0.2, 0.25) is 0 Å². The molecule has 43 heavy (non-hydrogen) atoms. The summed E-state index contributed by atoms with van der Waals surface area (Å²) in [6, 6.07) is 14.9. The first-order chi connectivity index (χ1) is 20.7. The van der Waals surface area contributed by atoms with Crippen molar-refractivity contribution in [3.63, 3.8) is 0 Å². The number of nitrogens with one attached hydrogen (secondary N) is 2. The summed E-state index contributed by atoms with van der Waals surface area (Å²) < 4.78 is 39.3. The number of aryl methyl sites for hydroxylation is 1. The van der Waals surface area contributed by atoms with Crippen LogP contribution in [0.5, 0.6) is 0 Å². The van der Waals surface area contributed by atoms with Crippen molar-refractivity contribution in [1.29, 1.82) is 0 Å². The highest BCUT2D eigenvalue weighted by Crippen LogP contribution is 2.31. The Morgan fingerprint density at radius 1 is 0.884 bits per heavy atom. The topological polar surface area (TPSA) is 109 Å². The zero-order chi connectivity index (χ0) is 30.0. The highest BCUT2D eigenvalue weighted by Gasteiger charge is 2.31. The third kappa shape index (κ3) is 6.37. The largest absolute Gasteiger partial charge is 0.416 e. The number of alkyl halides is 3. The van der Waals surface area contributed by atoms with Crippen LogP contribution in [0.2, 0.25) is 0 Å². The van der Waals surface area contributed by atoms with E-state index in [1.54, 1.807) is 36.8 Å². The molecule has 0 saturated carbocycles. The van der Waals surface area contributed by atoms with Crippen LogP contribution in [0.1, 0.15) is 34.5 Å². The lowest BCUT2D eigenvalue weighted by molar-refractivity contribution is -0.137. The Morgan fingerprint density at radius 2 is 1.70 bits per heavy atom. The molecular weight excluding hydrogens is 557 g/mol. The maximum atomic E-state index is 13.2. The van der Waals surface area contributed by atoms with E-state index in [-0.39, 0.29) is 17.8 Å². The molecule has 0 unspecified atom stereocenters. The summed E-state index contributed by atoms with van der Waals surface area (Å²) >= 11 is 0. The number of likely N-dealkylation sites (tertiary alicyclic amines) is 1. The molecule has 0 atom stereocenters. The standard InChI is InChI=1S/C31H27F3N8O/c1-19-15-25(40-28(16-19)41-27-17-21(6-11-36-27)31(32,33)34)20-4-5-26(38-18-20)39-22-8-13-42(14-9-22)30(43)29-23-3-2-10-35-24(23)7-12-37-29/h2-7,10-12,15-18,22H,8-9,13-14H2,1H3,(H,38,39)(H,36,40,41). The van der Waals surface area contributed by atoms with Gasteiger partial charge in [0.05, 0.1) is 16.8 Å². The van der Waals surface area contributed by atoms with Gasteiger partial charge in [0.1, 0.15) is 23.1 Å². The van der Waals surface area contributed by atoms with Crippen molar-refractivity contribution >= 4 is 34.3 Å². The zero-order valence-corrected chi connectivity index (χ0v) is 23.1. The summed E-state index contributed by atoms with van der Waals surface area (Å²) in [4.78, 5) is 36.8. The van der Waals surface area contributed by atoms with Crippen molar-refractivity contribution < 1.29 is 18.0 Å². The van der Waals surface area contributed by atoms with E-state index >= 15 is 0 Å². The van der Waals surface area contributed by atoms with Gasteiger partial charge in [0.25, 0.3) is 5.91 Å². The van der Waals surface area contributed by atoms with Crippen molar-refractivity contribution in [1.82, 2.24) is 29.8 Å². The van der Waals surface area contributed by atoms with Gasteiger partial charge < -0.3 is 15.5 Å². The number of fused-ring (bicyclic) bond motifs is 1. The van der Waals surface area contributed by atoms with Gasteiger partial charge in [-0.1, -0.05) is 0 Å². The van der Waals surface area contributed by atoms with Crippen molar-refractivity contribution in [3.05, 3.63) is 96.2 Å². The Labute approximate surface area is 245 Å². The first-order valence-corrected chi connectivity index (χ1v) is 13.7. The quantitative estimate of drug-likeness (QED) is 0.241. The maximum absolute atomic E-state index is 13.2. The Kier molecular flexibility index (Phi) is 7.58. The van der Waals surface area contributed by atoms with E-state index in [0.29, 0.717) is 36.1 Å². The predicted octanol–water partition coefficient (Wildman–Crippen LogP) is 6.27. The molecule has 0 bridgehead atoms. The first kappa shape index (κ1) is 28.0. The van der Waals surface area contributed by atoms with Gasteiger partial charge >= 0.3 is 6.18 Å². The lowest BCUT2D eigenvalue weighted by Crippen LogP contribution is -2.42. The van der Waals surface area contributed by atoms with Crippen LogP contribution >= 0.6 is 0 Å². The Hall–Kier alpha value is -5.13. The van der Waals surface area contributed by atoms with Crippen LogP contribution in [0, 0.1) is 6.92 Å². The Bertz CT molecular complexity index is 1760. The van der Waals surface area contributed by atoms with Crippen molar-refractivity contribution in [2.24, 2.45) is 0 Å². The molecule has 5 aromatic rings. The van der Waals surface area contributed by atoms with E-state index < -0.39 is 11.7 Å².